The van der Waals surface area contributed by atoms with Crippen LogP contribution in [0.5, 0.6) is 0 Å². The van der Waals surface area contributed by atoms with Crippen molar-refractivity contribution in [3.63, 3.8) is 0 Å². The highest BCUT2D eigenvalue weighted by Crippen LogP contribution is 2.34. The van der Waals surface area contributed by atoms with Gasteiger partial charge < -0.3 is 11.1 Å². The van der Waals surface area contributed by atoms with Gasteiger partial charge in [-0.1, -0.05) is 11.6 Å². The van der Waals surface area contributed by atoms with Crippen molar-refractivity contribution in [3.05, 3.63) is 11.6 Å². The van der Waals surface area contributed by atoms with Crippen LogP contribution in [-0.4, -0.2) is 42.0 Å². The SMILES string of the molecule is NC1CC2CCC(C1)N2CC(=O)NCCC1=CCCCC1. The second-order valence-corrected chi connectivity index (χ2v) is 7.00. The first-order valence-electron chi connectivity index (χ1n) is 8.68. The van der Waals surface area contributed by atoms with E-state index in [1.165, 1.54) is 44.1 Å². The number of nitrogens with two attached hydrogens (primary N) is 1. The average Bonchev–Trinajstić information content (AvgIpc) is 2.71. The molecule has 2 saturated heterocycles. The summed E-state index contributed by atoms with van der Waals surface area (Å²) < 4.78 is 0. The van der Waals surface area contributed by atoms with Gasteiger partial charge >= 0.3 is 0 Å². The molecule has 1 aliphatic carbocycles. The first-order valence-corrected chi connectivity index (χ1v) is 8.68. The van der Waals surface area contributed by atoms with Crippen molar-refractivity contribution in [2.45, 2.75) is 75.9 Å². The fraction of sp³-hybridized carbons (Fsp3) is 0.824. The quantitative estimate of drug-likeness (QED) is 0.761. The molecule has 0 saturated carbocycles. The molecule has 2 fully saturated rings. The lowest BCUT2D eigenvalue weighted by Gasteiger charge is -2.37. The lowest BCUT2D eigenvalue weighted by atomic mass is 9.97. The first-order chi connectivity index (χ1) is 10.2. The van der Waals surface area contributed by atoms with Gasteiger partial charge in [-0.25, -0.2) is 0 Å². The summed E-state index contributed by atoms with van der Waals surface area (Å²) in [6, 6.07) is 1.44. The Morgan fingerprint density at radius 1 is 1.29 bits per heavy atom. The van der Waals surface area contributed by atoms with Crippen LogP contribution in [0.4, 0.5) is 0 Å². The lowest BCUT2D eigenvalue weighted by Crippen LogP contribution is -2.50. The third kappa shape index (κ3) is 3.86. The van der Waals surface area contributed by atoms with E-state index in [4.69, 9.17) is 5.73 Å². The molecule has 1 amide bonds. The summed E-state index contributed by atoms with van der Waals surface area (Å²) in [4.78, 5) is 14.6. The van der Waals surface area contributed by atoms with E-state index in [2.05, 4.69) is 16.3 Å². The second kappa shape index (κ2) is 6.93. The predicted octanol–water partition coefficient (Wildman–Crippen LogP) is 1.95. The lowest BCUT2D eigenvalue weighted by molar-refractivity contribution is -0.123. The van der Waals surface area contributed by atoms with Crippen LogP contribution in [0.2, 0.25) is 0 Å². The molecule has 2 heterocycles. The number of amides is 1. The zero-order valence-electron chi connectivity index (χ0n) is 13.0. The van der Waals surface area contributed by atoms with E-state index in [-0.39, 0.29) is 5.91 Å². The Morgan fingerprint density at radius 3 is 2.71 bits per heavy atom. The molecule has 3 rings (SSSR count). The van der Waals surface area contributed by atoms with Crippen molar-refractivity contribution in [3.8, 4) is 0 Å². The Hall–Kier alpha value is -0.870. The van der Waals surface area contributed by atoms with Crippen molar-refractivity contribution in [1.29, 1.82) is 0 Å². The normalized spacial score (nSPS) is 32.8. The van der Waals surface area contributed by atoms with Gasteiger partial charge in [-0.15, -0.1) is 0 Å². The monoisotopic (exact) mass is 291 g/mol. The summed E-state index contributed by atoms with van der Waals surface area (Å²) in [5.41, 5.74) is 7.61. The minimum Gasteiger partial charge on any atom is -0.355 e. The summed E-state index contributed by atoms with van der Waals surface area (Å²) in [7, 11) is 0. The highest BCUT2D eigenvalue weighted by Gasteiger charge is 2.40. The van der Waals surface area contributed by atoms with E-state index < -0.39 is 0 Å². The molecule has 0 spiro atoms. The second-order valence-electron chi connectivity index (χ2n) is 7.00. The van der Waals surface area contributed by atoms with Gasteiger partial charge in [-0.05, 0) is 57.8 Å². The van der Waals surface area contributed by atoms with Gasteiger partial charge in [0.05, 0.1) is 6.54 Å². The number of carbonyl (C=O) groups is 1. The predicted molar refractivity (Wildman–Crippen MR) is 84.9 cm³/mol. The molecule has 118 valence electrons. The van der Waals surface area contributed by atoms with Crippen molar-refractivity contribution in [2.75, 3.05) is 13.1 Å². The van der Waals surface area contributed by atoms with E-state index in [1.807, 2.05) is 0 Å². The molecular formula is C17H29N3O. The van der Waals surface area contributed by atoms with Crippen LogP contribution in [0, 0.1) is 0 Å². The summed E-state index contributed by atoms with van der Waals surface area (Å²) in [5.74, 6) is 0.193. The van der Waals surface area contributed by atoms with Crippen LogP contribution in [0.3, 0.4) is 0 Å². The van der Waals surface area contributed by atoms with Gasteiger partial charge in [0.25, 0.3) is 0 Å². The molecule has 3 N–H and O–H groups in total. The first kappa shape index (κ1) is 15.0. The fourth-order valence-corrected chi connectivity index (χ4v) is 4.29. The molecular weight excluding hydrogens is 262 g/mol. The molecule has 3 aliphatic rings. The van der Waals surface area contributed by atoms with Gasteiger partial charge in [-0.2, -0.15) is 0 Å². The smallest absolute Gasteiger partial charge is 0.234 e. The van der Waals surface area contributed by atoms with Gasteiger partial charge in [0.2, 0.25) is 5.91 Å². The maximum absolute atomic E-state index is 12.1. The zero-order valence-corrected chi connectivity index (χ0v) is 13.0. The van der Waals surface area contributed by atoms with Gasteiger partial charge in [0, 0.05) is 24.7 Å². The molecule has 0 radical (unpaired) electrons. The highest BCUT2D eigenvalue weighted by atomic mass is 16.2. The van der Waals surface area contributed by atoms with Crippen LogP contribution >= 0.6 is 0 Å². The average molecular weight is 291 g/mol. The van der Waals surface area contributed by atoms with Crippen molar-refractivity contribution in [2.24, 2.45) is 5.73 Å². The Morgan fingerprint density at radius 2 is 2.05 bits per heavy atom. The molecule has 2 aliphatic heterocycles. The summed E-state index contributed by atoms with van der Waals surface area (Å²) in [6.07, 6.45) is 13.1. The molecule has 4 nitrogen and oxygen atoms in total. The Balaban J connectivity index is 1.39. The fourth-order valence-electron chi connectivity index (χ4n) is 4.29. The number of carbonyl (C=O) groups excluding carboxylic acids is 1. The number of allylic oxidation sites excluding steroid dienone is 1. The van der Waals surface area contributed by atoms with Crippen LogP contribution in [0.25, 0.3) is 0 Å². The zero-order chi connectivity index (χ0) is 14.7. The number of fused-ring (bicyclic) bond motifs is 2. The molecule has 0 aromatic heterocycles. The third-order valence-electron chi connectivity index (χ3n) is 5.40. The summed E-state index contributed by atoms with van der Waals surface area (Å²) >= 11 is 0. The number of piperidine rings is 1. The van der Waals surface area contributed by atoms with Crippen molar-refractivity contribution in [1.82, 2.24) is 10.2 Å². The largest absolute Gasteiger partial charge is 0.355 e. The van der Waals surface area contributed by atoms with Crippen LogP contribution in [0.1, 0.15) is 57.8 Å². The molecule has 2 atom stereocenters. The third-order valence-corrected chi connectivity index (χ3v) is 5.40. The van der Waals surface area contributed by atoms with E-state index >= 15 is 0 Å². The number of nitrogens with zero attached hydrogens (tertiary/aromatic N) is 1. The standard InChI is InChI=1S/C17H29N3O/c18-14-10-15-6-7-16(11-14)20(15)12-17(21)19-9-8-13-4-2-1-3-5-13/h4,14-16H,1-3,5-12,18H2,(H,19,21). The maximum atomic E-state index is 12.1. The van der Waals surface area contributed by atoms with Crippen LogP contribution in [-0.2, 0) is 4.79 Å². The highest BCUT2D eigenvalue weighted by molar-refractivity contribution is 5.78. The van der Waals surface area contributed by atoms with Crippen LogP contribution in [0.15, 0.2) is 11.6 Å². The van der Waals surface area contributed by atoms with Gasteiger partial charge in [0.1, 0.15) is 0 Å². The molecule has 0 aromatic rings. The maximum Gasteiger partial charge on any atom is 0.234 e. The van der Waals surface area contributed by atoms with E-state index in [0.717, 1.165) is 25.8 Å². The molecule has 2 unspecified atom stereocenters. The van der Waals surface area contributed by atoms with Gasteiger partial charge in [0.15, 0.2) is 0 Å². The van der Waals surface area contributed by atoms with E-state index in [9.17, 15) is 4.79 Å². The Bertz CT molecular complexity index is 393. The Labute approximate surface area is 128 Å². The molecule has 2 bridgehead atoms. The Kier molecular flexibility index (Phi) is 4.96. The number of rotatable bonds is 5. The summed E-state index contributed by atoms with van der Waals surface area (Å²) in [6.45, 7) is 1.37. The molecule has 21 heavy (non-hydrogen) atoms. The van der Waals surface area contributed by atoms with Crippen molar-refractivity contribution < 1.29 is 4.79 Å². The van der Waals surface area contributed by atoms with Crippen LogP contribution < -0.4 is 11.1 Å². The topological polar surface area (TPSA) is 58.4 Å². The minimum absolute atomic E-state index is 0.193. The number of hydrogen-bond donors (Lipinski definition) is 2. The molecule has 4 heteroatoms. The summed E-state index contributed by atoms with van der Waals surface area (Å²) in [5, 5.41) is 3.10. The minimum atomic E-state index is 0.193. The van der Waals surface area contributed by atoms with E-state index in [0.29, 0.717) is 24.7 Å². The van der Waals surface area contributed by atoms with Gasteiger partial charge in [-0.3, -0.25) is 9.69 Å². The number of hydrogen-bond acceptors (Lipinski definition) is 3. The van der Waals surface area contributed by atoms with Crippen molar-refractivity contribution >= 4 is 5.91 Å². The molecule has 0 aromatic carbocycles. The van der Waals surface area contributed by atoms with E-state index in [1.54, 1.807) is 0 Å². The number of nitrogens with one attached hydrogen (secondary N) is 1.